The van der Waals surface area contributed by atoms with Crippen molar-refractivity contribution < 1.29 is 22.4 Å². The van der Waals surface area contributed by atoms with E-state index in [1.54, 1.807) is 31.2 Å². The van der Waals surface area contributed by atoms with Crippen molar-refractivity contribution in [2.24, 2.45) is 0 Å². The van der Waals surface area contributed by atoms with Gasteiger partial charge in [-0.05, 0) is 29.8 Å². The highest BCUT2D eigenvalue weighted by atomic mass is 32.2. The zero-order chi connectivity index (χ0) is 20.1. The van der Waals surface area contributed by atoms with Gasteiger partial charge in [-0.15, -0.1) is 5.10 Å². The van der Waals surface area contributed by atoms with Crippen molar-refractivity contribution >= 4 is 21.8 Å². The number of para-hydroxylation sites is 1. The van der Waals surface area contributed by atoms with Crippen LogP contribution in [-0.2, 0) is 21.1 Å². The van der Waals surface area contributed by atoms with Gasteiger partial charge in [0.25, 0.3) is 5.89 Å². The summed E-state index contributed by atoms with van der Waals surface area (Å²) in [6, 6.07) is 13.3. The Labute approximate surface area is 162 Å². The van der Waals surface area contributed by atoms with Crippen molar-refractivity contribution in [2.75, 3.05) is 18.2 Å². The highest BCUT2D eigenvalue weighted by molar-refractivity contribution is 7.91. The van der Waals surface area contributed by atoms with Crippen molar-refractivity contribution in [1.29, 1.82) is 0 Å². The van der Waals surface area contributed by atoms with E-state index in [1.807, 2.05) is 12.1 Å². The largest absolute Gasteiger partial charge is 0.496 e. The van der Waals surface area contributed by atoms with Crippen molar-refractivity contribution in [1.82, 2.24) is 10.2 Å². The van der Waals surface area contributed by atoms with Crippen molar-refractivity contribution in [3.05, 3.63) is 54.1 Å². The van der Waals surface area contributed by atoms with E-state index in [4.69, 9.17) is 9.15 Å². The SMILES string of the molecule is CCS(=O)(=O)c1ccc(CC(=O)Nc2nnc(-c3ccccc3OC)o2)cc1. The number of sulfone groups is 1. The third-order valence-electron chi connectivity index (χ3n) is 4.04. The Morgan fingerprint density at radius 1 is 1.11 bits per heavy atom. The molecule has 1 aromatic heterocycles. The molecule has 0 spiro atoms. The van der Waals surface area contributed by atoms with Gasteiger partial charge in [-0.1, -0.05) is 36.3 Å². The Bertz CT molecular complexity index is 1070. The second-order valence-electron chi connectivity index (χ2n) is 5.88. The molecule has 1 amide bonds. The van der Waals surface area contributed by atoms with Crippen LogP contribution in [0.15, 0.2) is 57.8 Å². The summed E-state index contributed by atoms with van der Waals surface area (Å²) in [5.74, 6) is 0.466. The molecule has 3 rings (SSSR count). The molecule has 8 nitrogen and oxygen atoms in total. The maximum atomic E-state index is 12.2. The van der Waals surface area contributed by atoms with E-state index in [0.717, 1.165) is 0 Å². The first-order valence-electron chi connectivity index (χ1n) is 8.51. The van der Waals surface area contributed by atoms with Crippen molar-refractivity contribution in [2.45, 2.75) is 18.2 Å². The lowest BCUT2D eigenvalue weighted by atomic mass is 10.1. The van der Waals surface area contributed by atoms with Gasteiger partial charge in [0.1, 0.15) is 5.75 Å². The molecule has 9 heteroatoms. The molecule has 0 bridgehead atoms. The fraction of sp³-hybridized carbons (Fsp3) is 0.211. The second-order valence-corrected chi connectivity index (χ2v) is 8.16. The van der Waals surface area contributed by atoms with E-state index in [1.165, 1.54) is 19.2 Å². The average Bonchev–Trinajstić information content (AvgIpc) is 3.16. The molecule has 0 aliphatic carbocycles. The monoisotopic (exact) mass is 401 g/mol. The van der Waals surface area contributed by atoms with Crippen LogP contribution >= 0.6 is 0 Å². The normalized spacial score (nSPS) is 11.2. The number of anilines is 1. The van der Waals surface area contributed by atoms with Crippen molar-refractivity contribution in [3.63, 3.8) is 0 Å². The number of amides is 1. The van der Waals surface area contributed by atoms with E-state index in [0.29, 0.717) is 16.9 Å². The average molecular weight is 401 g/mol. The van der Waals surface area contributed by atoms with Gasteiger partial charge >= 0.3 is 6.01 Å². The minimum absolute atomic E-state index is 0.0263. The number of aromatic nitrogens is 2. The number of carbonyl (C=O) groups excluding carboxylic acids is 1. The zero-order valence-corrected chi connectivity index (χ0v) is 16.2. The van der Waals surface area contributed by atoms with Gasteiger partial charge in [0, 0.05) is 0 Å². The Kier molecular flexibility index (Phi) is 5.74. The molecule has 0 atom stereocenters. The molecule has 0 radical (unpaired) electrons. The topological polar surface area (TPSA) is 111 Å². The van der Waals surface area contributed by atoms with Crippen molar-refractivity contribution in [3.8, 4) is 17.2 Å². The number of rotatable bonds is 7. The first kappa shape index (κ1) is 19.6. The fourth-order valence-electron chi connectivity index (χ4n) is 2.53. The number of hydrogen-bond donors (Lipinski definition) is 1. The predicted octanol–water partition coefficient (Wildman–Crippen LogP) is 2.72. The number of nitrogens with zero attached hydrogens (tertiary/aromatic N) is 2. The van der Waals surface area contributed by atoms with Gasteiger partial charge < -0.3 is 9.15 Å². The van der Waals surface area contributed by atoms with Gasteiger partial charge in [0.2, 0.25) is 5.91 Å². The number of carbonyl (C=O) groups is 1. The number of hydrogen-bond acceptors (Lipinski definition) is 7. The summed E-state index contributed by atoms with van der Waals surface area (Å²) >= 11 is 0. The molecule has 3 aromatic rings. The lowest BCUT2D eigenvalue weighted by molar-refractivity contribution is -0.115. The number of nitrogens with one attached hydrogen (secondary N) is 1. The molecule has 0 saturated carbocycles. The lowest BCUT2D eigenvalue weighted by Crippen LogP contribution is -2.14. The van der Waals surface area contributed by atoms with Crippen LogP contribution in [0.1, 0.15) is 12.5 Å². The van der Waals surface area contributed by atoms with Crippen LogP contribution < -0.4 is 10.1 Å². The van der Waals surface area contributed by atoms with Gasteiger partial charge in [-0.2, -0.15) is 0 Å². The summed E-state index contributed by atoms with van der Waals surface area (Å²) < 4.78 is 34.4. The third kappa shape index (κ3) is 4.37. The summed E-state index contributed by atoms with van der Waals surface area (Å²) in [4.78, 5) is 12.4. The van der Waals surface area contributed by atoms with E-state index in [9.17, 15) is 13.2 Å². The molecule has 146 valence electrons. The number of benzene rings is 2. The Morgan fingerprint density at radius 2 is 1.82 bits per heavy atom. The standard InChI is InChI=1S/C19H19N3O5S/c1-3-28(24,25)14-10-8-13(9-11-14)12-17(23)20-19-22-21-18(27-19)15-6-4-5-7-16(15)26-2/h4-11H,3,12H2,1-2H3,(H,20,22,23). The minimum Gasteiger partial charge on any atom is -0.496 e. The Hall–Kier alpha value is -3.20. The second kappa shape index (κ2) is 8.22. The highest BCUT2D eigenvalue weighted by Gasteiger charge is 2.15. The first-order chi connectivity index (χ1) is 13.4. The smallest absolute Gasteiger partial charge is 0.322 e. The van der Waals surface area contributed by atoms with Crippen LogP contribution in [-0.4, -0.2) is 37.4 Å². The zero-order valence-electron chi connectivity index (χ0n) is 15.4. The summed E-state index contributed by atoms with van der Waals surface area (Å²) in [6.45, 7) is 1.58. The molecule has 1 N–H and O–H groups in total. The van der Waals surface area contributed by atoms with Gasteiger partial charge in [-0.3, -0.25) is 10.1 Å². The van der Waals surface area contributed by atoms with E-state index in [2.05, 4.69) is 15.5 Å². The highest BCUT2D eigenvalue weighted by Crippen LogP contribution is 2.29. The van der Waals surface area contributed by atoms with Crippen LogP contribution in [0.5, 0.6) is 5.75 Å². The quantitative estimate of drug-likeness (QED) is 0.648. The molecule has 0 unspecified atom stereocenters. The van der Waals surface area contributed by atoms with Crippen LogP contribution in [0, 0.1) is 0 Å². The Balaban J connectivity index is 1.67. The third-order valence-corrected chi connectivity index (χ3v) is 5.79. The molecule has 1 heterocycles. The summed E-state index contributed by atoms with van der Waals surface area (Å²) in [7, 11) is -1.73. The number of ether oxygens (including phenoxy) is 1. The van der Waals surface area contributed by atoms with Crippen LogP contribution in [0.25, 0.3) is 11.5 Å². The van der Waals surface area contributed by atoms with E-state index in [-0.39, 0.29) is 34.9 Å². The fourth-order valence-corrected chi connectivity index (χ4v) is 3.42. The predicted molar refractivity (Wildman–Crippen MR) is 103 cm³/mol. The summed E-state index contributed by atoms with van der Waals surface area (Å²) in [6.07, 6.45) is 0.0405. The maximum absolute atomic E-state index is 12.2. The summed E-state index contributed by atoms with van der Waals surface area (Å²) in [5.41, 5.74) is 1.28. The van der Waals surface area contributed by atoms with Gasteiger partial charge in [0.15, 0.2) is 9.84 Å². The molecule has 0 fully saturated rings. The lowest BCUT2D eigenvalue weighted by Gasteiger charge is -2.04. The molecular formula is C19H19N3O5S. The minimum atomic E-state index is -3.27. The molecule has 28 heavy (non-hydrogen) atoms. The molecular weight excluding hydrogens is 382 g/mol. The molecule has 2 aromatic carbocycles. The Morgan fingerprint density at radius 3 is 2.50 bits per heavy atom. The van der Waals surface area contributed by atoms with Gasteiger partial charge in [-0.25, -0.2) is 8.42 Å². The number of methoxy groups -OCH3 is 1. The van der Waals surface area contributed by atoms with E-state index >= 15 is 0 Å². The van der Waals surface area contributed by atoms with Crippen LogP contribution in [0.4, 0.5) is 6.01 Å². The molecule has 0 aliphatic heterocycles. The van der Waals surface area contributed by atoms with Gasteiger partial charge in [0.05, 0.1) is 29.7 Å². The maximum Gasteiger partial charge on any atom is 0.322 e. The summed E-state index contributed by atoms with van der Waals surface area (Å²) in [5, 5.41) is 10.3. The van der Waals surface area contributed by atoms with E-state index < -0.39 is 9.84 Å². The first-order valence-corrected chi connectivity index (χ1v) is 10.2. The molecule has 0 aliphatic rings. The molecule has 0 saturated heterocycles. The van der Waals surface area contributed by atoms with Crippen LogP contribution in [0.2, 0.25) is 0 Å². The van der Waals surface area contributed by atoms with Crippen LogP contribution in [0.3, 0.4) is 0 Å².